The fourth-order valence-electron chi connectivity index (χ4n) is 2.72. The number of rotatable bonds is 8. The summed E-state index contributed by atoms with van der Waals surface area (Å²) in [6.45, 7) is 6.60. The average molecular weight is 360 g/mol. The van der Waals surface area contributed by atoms with Gasteiger partial charge in [0.05, 0.1) is 13.1 Å². The van der Waals surface area contributed by atoms with Crippen molar-refractivity contribution >= 4 is 23.4 Å². The first-order valence-electron chi connectivity index (χ1n) is 9.07. The molecule has 0 spiro atoms. The number of carbonyl (C=O) groups is 3. The predicted octanol–water partition coefficient (Wildman–Crippen LogP) is 1.11. The molecule has 3 N–H and O–H groups in total. The van der Waals surface area contributed by atoms with E-state index in [9.17, 15) is 14.4 Å². The zero-order chi connectivity index (χ0) is 18.9. The normalized spacial score (nSPS) is 14.8. The van der Waals surface area contributed by atoms with Crippen molar-refractivity contribution < 1.29 is 14.4 Å². The Labute approximate surface area is 154 Å². The minimum atomic E-state index is -0.252. The zero-order valence-electron chi connectivity index (χ0n) is 15.5. The lowest BCUT2D eigenvalue weighted by molar-refractivity contribution is -0.124. The number of nitrogens with zero attached hydrogens (tertiary/aromatic N) is 1. The number of benzene rings is 1. The van der Waals surface area contributed by atoms with E-state index in [1.807, 2.05) is 24.3 Å². The van der Waals surface area contributed by atoms with Crippen molar-refractivity contribution in [2.45, 2.75) is 33.2 Å². The monoisotopic (exact) mass is 360 g/mol. The lowest BCUT2D eigenvalue weighted by atomic mass is 10.1. The maximum atomic E-state index is 12.0. The second-order valence-electron chi connectivity index (χ2n) is 7.02. The molecule has 3 amide bonds. The fraction of sp³-hybridized carbons (Fsp3) is 0.526. The van der Waals surface area contributed by atoms with Crippen LogP contribution in [0.3, 0.4) is 0 Å². The van der Waals surface area contributed by atoms with E-state index in [2.05, 4.69) is 34.7 Å². The Morgan fingerprint density at radius 3 is 2.81 bits per heavy atom. The largest absolute Gasteiger partial charge is 0.354 e. The molecule has 1 aromatic rings. The summed E-state index contributed by atoms with van der Waals surface area (Å²) < 4.78 is 0. The summed E-state index contributed by atoms with van der Waals surface area (Å²) in [5, 5.41) is 8.24. The highest BCUT2D eigenvalue weighted by Crippen LogP contribution is 2.13. The zero-order valence-corrected chi connectivity index (χ0v) is 15.5. The van der Waals surface area contributed by atoms with Crippen LogP contribution in [0.15, 0.2) is 24.3 Å². The van der Waals surface area contributed by atoms with E-state index in [4.69, 9.17) is 0 Å². The van der Waals surface area contributed by atoms with E-state index in [0.29, 0.717) is 37.7 Å². The summed E-state index contributed by atoms with van der Waals surface area (Å²) in [5.41, 5.74) is 1.71. The maximum absolute atomic E-state index is 12.0. The van der Waals surface area contributed by atoms with Crippen LogP contribution < -0.4 is 16.0 Å². The highest BCUT2D eigenvalue weighted by atomic mass is 16.2. The molecule has 0 saturated carbocycles. The molecule has 7 nitrogen and oxygen atoms in total. The molecule has 0 aromatic heterocycles. The predicted molar refractivity (Wildman–Crippen MR) is 100 cm³/mol. The first-order valence-corrected chi connectivity index (χ1v) is 9.07. The Hall–Kier alpha value is -2.41. The van der Waals surface area contributed by atoms with Gasteiger partial charge in [0, 0.05) is 31.7 Å². The van der Waals surface area contributed by atoms with Crippen LogP contribution in [0.5, 0.6) is 0 Å². The van der Waals surface area contributed by atoms with Gasteiger partial charge in [0.25, 0.3) is 0 Å². The van der Waals surface area contributed by atoms with Crippen LogP contribution in [0.25, 0.3) is 0 Å². The molecular weight excluding hydrogens is 332 g/mol. The summed E-state index contributed by atoms with van der Waals surface area (Å²) in [6.07, 6.45) is 1.24. The van der Waals surface area contributed by atoms with E-state index in [1.165, 1.54) is 0 Å². The molecule has 7 heteroatoms. The van der Waals surface area contributed by atoms with Crippen LogP contribution in [-0.2, 0) is 20.9 Å². The van der Waals surface area contributed by atoms with Gasteiger partial charge in [-0.2, -0.15) is 0 Å². The third-order valence-corrected chi connectivity index (χ3v) is 4.13. The van der Waals surface area contributed by atoms with Gasteiger partial charge in [-0.15, -0.1) is 0 Å². The number of hydrogen-bond donors (Lipinski definition) is 3. The van der Waals surface area contributed by atoms with Crippen molar-refractivity contribution in [3.05, 3.63) is 29.8 Å². The molecule has 1 aliphatic rings. The summed E-state index contributed by atoms with van der Waals surface area (Å²) in [5.74, 6) is 0.139. The van der Waals surface area contributed by atoms with Crippen LogP contribution in [0.2, 0.25) is 0 Å². The first kappa shape index (κ1) is 19.9. The molecule has 2 rings (SSSR count). The van der Waals surface area contributed by atoms with E-state index >= 15 is 0 Å². The average Bonchev–Trinajstić information content (AvgIpc) is 2.58. The Kier molecular flexibility index (Phi) is 7.59. The Morgan fingerprint density at radius 1 is 1.27 bits per heavy atom. The van der Waals surface area contributed by atoms with Gasteiger partial charge in [-0.05, 0) is 30.0 Å². The molecule has 1 saturated heterocycles. The van der Waals surface area contributed by atoms with Gasteiger partial charge < -0.3 is 16.0 Å². The highest BCUT2D eigenvalue weighted by Gasteiger charge is 2.16. The van der Waals surface area contributed by atoms with Crippen LogP contribution in [0.1, 0.15) is 32.3 Å². The van der Waals surface area contributed by atoms with Gasteiger partial charge in [0.2, 0.25) is 17.7 Å². The van der Waals surface area contributed by atoms with E-state index in [0.717, 1.165) is 18.5 Å². The smallest absolute Gasteiger partial charge is 0.243 e. The molecule has 0 aliphatic carbocycles. The third-order valence-electron chi connectivity index (χ3n) is 4.13. The van der Waals surface area contributed by atoms with E-state index in [-0.39, 0.29) is 24.3 Å². The molecule has 0 atom stereocenters. The topological polar surface area (TPSA) is 90.5 Å². The number of piperazine rings is 1. The van der Waals surface area contributed by atoms with Crippen LogP contribution in [0.4, 0.5) is 5.69 Å². The molecule has 1 heterocycles. The van der Waals surface area contributed by atoms with Gasteiger partial charge in [-0.25, -0.2) is 0 Å². The van der Waals surface area contributed by atoms with Crippen LogP contribution in [-0.4, -0.2) is 48.8 Å². The summed E-state index contributed by atoms with van der Waals surface area (Å²) in [7, 11) is 0. The van der Waals surface area contributed by atoms with Crippen LogP contribution in [0, 0.1) is 5.92 Å². The fourth-order valence-corrected chi connectivity index (χ4v) is 2.72. The van der Waals surface area contributed by atoms with Crippen LogP contribution >= 0.6 is 0 Å². The minimum absolute atomic E-state index is 0.0343. The SMILES string of the molecule is CC(C)CCC(=O)NCC(=O)Nc1cccc(CN2CCNC(=O)C2)c1. The second-order valence-corrected chi connectivity index (χ2v) is 7.02. The van der Waals surface area contributed by atoms with Gasteiger partial charge in [-0.3, -0.25) is 19.3 Å². The van der Waals surface area contributed by atoms with Crippen molar-refractivity contribution in [1.82, 2.24) is 15.5 Å². The van der Waals surface area contributed by atoms with Crippen molar-refractivity contribution in [2.75, 3.05) is 31.5 Å². The standard InChI is InChI=1S/C19H28N4O3/c1-14(2)6-7-17(24)21-11-18(25)22-16-5-3-4-15(10-16)12-23-9-8-20-19(26)13-23/h3-5,10,14H,6-9,11-13H2,1-2H3,(H,20,26)(H,21,24)(H,22,25). The van der Waals surface area contributed by atoms with Crippen molar-refractivity contribution in [1.29, 1.82) is 0 Å². The molecule has 1 aromatic carbocycles. The third kappa shape index (κ3) is 7.23. The lowest BCUT2D eigenvalue weighted by Crippen LogP contribution is -2.47. The van der Waals surface area contributed by atoms with Gasteiger partial charge in [0.15, 0.2) is 0 Å². The van der Waals surface area contributed by atoms with Crippen molar-refractivity contribution in [3.8, 4) is 0 Å². The van der Waals surface area contributed by atoms with Gasteiger partial charge in [-0.1, -0.05) is 26.0 Å². The Balaban J connectivity index is 1.79. The number of amides is 3. The van der Waals surface area contributed by atoms with Gasteiger partial charge in [0.1, 0.15) is 0 Å². The quantitative estimate of drug-likeness (QED) is 0.648. The van der Waals surface area contributed by atoms with Crippen molar-refractivity contribution in [3.63, 3.8) is 0 Å². The molecule has 0 radical (unpaired) electrons. The summed E-state index contributed by atoms with van der Waals surface area (Å²) in [6, 6.07) is 7.54. The molecule has 0 bridgehead atoms. The number of anilines is 1. The van der Waals surface area contributed by atoms with E-state index < -0.39 is 0 Å². The lowest BCUT2D eigenvalue weighted by Gasteiger charge is -2.26. The number of nitrogens with one attached hydrogen (secondary N) is 3. The van der Waals surface area contributed by atoms with E-state index in [1.54, 1.807) is 0 Å². The number of carbonyl (C=O) groups excluding carboxylic acids is 3. The molecule has 1 aliphatic heterocycles. The molecule has 26 heavy (non-hydrogen) atoms. The number of hydrogen-bond acceptors (Lipinski definition) is 4. The molecular formula is C19H28N4O3. The second kappa shape index (κ2) is 9.91. The molecule has 142 valence electrons. The maximum Gasteiger partial charge on any atom is 0.243 e. The Morgan fingerprint density at radius 2 is 2.08 bits per heavy atom. The molecule has 1 fully saturated rings. The minimum Gasteiger partial charge on any atom is -0.354 e. The molecule has 0 unspecified atom stereocenters. The first-order chi connectivity index (χ1) is 12.4. The Bertz CT molecular complexity index is 645. The van der Waals surface area contributed by atoms with Gasteiger partial charge >= 0.3 is 0 Å². The summed E-state index contributed by atoms with van der Waals surface area (Å²) >= 11 is 0. The highest BCUT2D eigenvalue weighted by molar-refractivity contribution is 5.94. The van der Waals surface area contributed by atoms with Crippen molar-refractivity contribution in [2.24, 2.45) is 5.92 Å². The summed E-state index contributed by atoms with van der Waals surface area (Å²) in [4.78, 5) is 37.2.